The molecule has 3 aromatic carbocycles. The predicted octanol–water partition coefficient (Wildman–Crippen LogP) is 5.33. The minimum atomic E-state index is -4.54. The van der Waals surface area contributed by atoms with Gasteiger partial charge in [0.1, 0.15) is 0 Å². The lowest BCUT2D eigenvalue weighted by Crippen LogP contribution is -2.14. The molecular weight excluding hydrogens is 477 g/mol. The van der Waals surface area contributed by atoms with Crippen LogP contribution in [0.5, 0.6) is 17.5 Å². The number of carbonyl (C=O) groups is 1. The summed E-state index contributed by atoms with van der Waals surface area (Å²) in [6.07, 6.45) is -4.54. The second-order valence-electron chi connectivity index (χ2n) is 7.71. The molecular formula is C25H19F3N4O4. The molecule has 0 fully saturated rings. The third-order valence-corrected chi connectivity index (χ3v) is 5.31. The fourth-order valence-corrected chi connectivity index (χ4v) is 3.61. The Bertz CT molecular complexity index is 1420. The molecule has 2 heterocycles. The van der Waals surface area contributed by atoms with Crippen LogP contribution in [0.15, 0.2) is 66.7 Å². The lowest BCUT2D eigenvalue weighted by molar-refractivity contribution is -0.137. The number of hydrogen-bond acceptors (Lipinski definition) is 6. The van der Waals surface area contributed by atoms with E-state index in [9.17, 15) is 18.0 Å². The van der Waals surface area contributed by atoms with E-state index in [1.807, 2.05) is 13.0 Å². The summed E-state index contributed by atoms with van der Waals surface area (Å²) < 4.78 is 56.8. The number of benzene rings is 3. The molecule has 5 rings (SSSR count). The van der Waals surface area contributed by atoms with Gasteiger partial charge in [-0.05, 0) is 67.6 Å². The highest BCUT2D eigenvalue weighted by molar-refractivity contribution is 6.04. The van der Waals surface area contributed by atoms with Crippen LogP contribution in [0.1, 0.15) is 22.8 Å². The average Bonchev–Trinajstić information content (AvgIpc) is 3.51. The standard InChI is InChI=1S/C25H19F3N4O4/c1-2-34-24-30-22(15-6-11-20-21(13-15)36-14-35-20)32(31-24)19-9-7-18(8-10-19)29-23(33)16-4-3-5-17(12-16)25(26,27)28/h3-13H,2,14H2,1H3,(H,29,33). The van der Waals surface area contributed by atoms with Gasteiger partial charge in [-0.3, -0.25) is 4.79 Å². The second-order valence-corrected chi connectivity index (χ2v) is 7.71. The number of nitrogens with one attached hydrogen (secondary N) is 1. The molecule has 1 aliphatic heterocycles. The fraction of sp³-hybridized carbons (Fsp3) is 0.160. The van der Waals surface area contributed by atoms with Crippen molar-refractivity contribution in [3.05, 3.63) is 77.9 Å². The maximum atomic E-state index is 13.0. The number of alkyl halides is 3. The topological polar surface area (TPSA) is 87.5 Å². The number of carbonyl (C=O) groups excluding carboxylic acids is 1. The quantitative estimate of drug-likeness (QED) is 0.388. The lowest BCUT2D eigenvalue weighted by Gasteiger charge is -2.10. The van der Waals surface area contributed by atoms with Crippen molar-refractivity contribution < 1.29 is 32.2 Å². The van der Waals surface area contributed by atoms with Gasteiger partial charge in [-0.15, -0.1) is 5.10 Å². The zero-order valence-electron chi connectivity index (χ0n) is 18.9. The minimum Gasteiger partial charge on any atom is -0.463 e. The van der Waals surface area contributed by atoms with E-state index in [1.54, 1.807) is 41.1 Å². The Morgan fingerprint density at radius 1 is 1.06 bits per heavy atom. The van der Waals surface area contributed by atoms with Crippen molar-refractivity contribution in [3.63, 3.8) is 0 Å². The average molecular weight is 496 g/mol. The summed E-state index contributed by atoms with van der Waals surface area (Å²) in [4.78, 5) is 17.0. The van der Waals surface area contributed by atoms with E-state index in [0.29, 0.717) is 35.3 Å². The summed E-state index contributed by atoms with van der Waals surface area (Å²) in [6, 6.07) is 16.5. The molecule has 0 aliphatic carbocycles. The maximum absolute atomic E-state index is 13.0. The molecule has 184 valence electrons. The smallest absolute Gasteiger partial charge is 0.416 e. The van der Waals surface area contributed by atoms with Crippen LogP contribution in [0.25, 0.3) is 17.1 Å². The van der Waals surface area contributed by atoms with Crippen molar-refractivity contribution in [3.8, 4) is 34.6 Å². The van der Waals surface area contributed by atoms with E-state index in [2.05, 4.69) is 15.4 Å². The first-order valence-corrected chi connectivity index (χ1v) is 10.9. The van der Waals surface area contributed by atoms with Crippen molar-refractivity contribution in [2.75, 3.05) is 18.7 Å². The normalized spacial score (nSPS) is 12.4. The zero-order valence-corrected chi connectivity index (χ0v) is 18.9. The Hall–Kier alpha value is -4.54. The molecule has 1 aliphatic rings. The Balaban J connectivity index is 1.40. The third kappa shape index (κ3) is 4.67. The predicted molar refractivity (Wildman–Crippen MR) is 123 cm³/mol. The summed E-state index contributed by atoms with van der Waals surface area (Å²) in [7, 11) is 0. The molecule has 36 heavy (non-hydrogen) atoms. The molecule has 0 bridgehead atoms. The maximum Gasteiger partial charge on any atom is 0.416 e. The summed E-state index contributed by atoms with van der Waals surface area (Å²) in [6.45, 7) is 2.34. The molecule has 0 saturated heterocycles. The molecule has 1 N–H and O–H groups in total. The van der Waals surface area contributed by atoms with Gasteiger partial charge >= 0.3 is 12.2 Å². The van der Waals surface area contributed by atoms with Gasteiger partial charge in [0.2, 0.25) is 6.79 Å². The molecule has 1 aromatic heterocycles. The van der Waals surface area contributed by atoms with Crippen molar-refractivity contribution in [1.82, 2.24) is 14.8 Å². The Morgan fingerprint density at radius 2 is 1.83 bits per heavy atom. The van der Waals surface area contributed by atoms with Gasteiger partial charge in [-0.1, -0.05) is 6.07 Å². The fourth-order valence-electron chi connectivity index (χ4n) is 3.61. The van der Waals surface area contributed by atoms with Gasteiger partial charge in [0.15, 0.2) is 17.3 Å². The van der Waals surface area contributed by atoms with Crippen LogP contribution in [-0.2, 0) is 6.18 Å². The number of halogens is 3. The van der Waals surface area contributed by atoms with Crippen LogP contribution >= 0.6 is 0 Å². The number of hydrogen-bond donors (Lipinski definition) is 1. The number of fused-ring (bicyclic) bond motifs is 1. The molecule has 0 atom stereocenters. The highest BCUT2D eigenvalue weighted by Gasteiger charge is 2.31. The van der Waals surface area contributed by atoms with Crippen LogP contribution in [0.3, 0.4) is 0 Å². The molecule has 0 saturated carbocycles. The van der Waals surface area contributed by atoms with Gasteiger partial charge in [-0.25, -0.2) is 4.68 Å². The number of nitrogens with zero attached hydrogens (tertiary/aromatic N) is 3. The van der Waals surface area contributed by atoms with Gasteiger partial charge in [-0.2, -0.15) is 18.2 Å². The van der Waals surface area contributed by atoms with E-state index in [4.69, 9.17) is 14.2 Å². The van der Waals surface area contributed by atoms with Crippen LogP contribution in [0.2, 0.25) is 0 Å². The number of anilines is 1. The van der Waals surface area contributed by atoms with E-state index in [0.717, 1.165) is 17.7 Å². The lowest BCUT2D eigenvalue weighted by atomic mass is 10.1. The Kier molecular flexibility index (Phi) is 5.96. The van der Waals surface area contributed by atoms with Crippen molar-refractivity contribution in [1.29, 1.82) is 0 Å². The monoisotopic (exact) mass is 496 g/mol. The van der Waals surface area contributed by atoms with E-state index < -0.39 is 17.6 Å². The molecule has 4 aromatic rings. The number of ether oxygens (including phenoxy) is 3. The number of aromatic nitrogens is 3. The van der Waals surface area contributed by atoms with Crippen LogP contribution < -0.4 is 19.5 Å². The van der Waals surface area contributed by atoms with Crippen LogP contribution in [0.4, 0.5) is 18.9 Å². The zero-order chi connectivity index (χ0) is 25.3. The SMILES string of the molecule is CCOc1nc(-c2ccc3c(c2)OCO3)n(-c2ccc(NC(=O)c3cccc(C(F)(F)F)c3)cc2)n1. The molecule has 0 spiro atoms. The van der Waals surface area contributed by atoms with Crippen LogP contribution in [0, 0.1) is 0 Å². The van der Waals surface area contributed by atoms with Crippen LogP contribution in [-0.4, -0.2) is 34.1 Å². The van der Waals surface area contributed by atoms with E-state index in [-0.39, 0.29) is 18.4 Å². The Morgan fingerprint density at radius 3 is 2.58 bits per heavy atom. The van der Waals surface area contributed by atoms with Crippen molar-refractivity contribution >= 4 is 11.6 Å². The van der Waals surface area contributed by atoms with Gasteiger partial charge < -0.3 is 19.5 Å². The van der Waals surface area contributed by atoms with Crippen molar-refractivity contribution in [2.45, 2.75) is 13.1 Å². The molecule has 8 nitrogen and oxygen atoms in total. The summed E-state index contributed by atoms with van der Waals surface area (Å²) in [5.41, 5.74) is 0.753. The van der Waals surface area contributed by atoms with E-state index in [1.165, 1.54) is 12.1 Å². The minimum absolute atomic E-state index is 0.100. The highest BCUT2D eigenvalue weighted by Crippen LogP contribution is 2.36. The first-order valence-electron chi connectivity index (χ1n) is 10.9. The Labute approximate surface area is 203 Å². The highest BCUT2D eigenvalue weighted by atomic mass is 19.4. The van der Waals surface area contributed by atoms with Gasteiger partial charge in [0.05, 0.1) is 17.9 Å². The van der Waals surface area contributed by atoms with E-state index >= 15 is 0 Å². The van der Waals surface area contributed by atoms with Crippen molar-refractivity contribution in [2.24, 2.45) is 0 Å². The van der Waals surface area contributed by atoms with Gasteiger partial charge in [0.25, 0.3) is 5.91 Å². The largest absolute Gasteiger partial charge is 0.463 e. The first kappa shape index (κ1) is 23.2. The summed E-state index contributed by atoms with van der Waals surface area (Å²) in [5, 5.41) is 7.04. The molecule has 0 radical (unpaired) electrons. The third-order valence-electron chi connectivity index (χ3n) is 5.31. The molecule has 1 amide bonds. The first-order chi connectivity index (χ1) is 17.3. The van der Waals surface area contributed by atoms with Gasteiger partial charge in [0, 0.05) is 16.8 Å². The molecule has 0 unspecified atom stereocenters. The number of rotatable bonds is 6. The number of amides is 1. The summed E-state index contributed by atoms with van der Waals surface area (Å²) >= 11 is 0. The molecule has 11 heteroatoms. The summed E-state index contributed by atoms with van der Waals surface area (Å²) in [5.74, 6) is 1.06. The second kappa shape index (κ2) is 9.25.